The van der Waals surface area contributed by atoms with Crippen LogP contribution in [0, 0.1) is 5.92 Å². The van der Waals surface area contributed by atoms with Crippen LogP contribution in [0.2, 0.25) is 0 Å². The number of rotatable bonds is 18. The first-order chi connectivity index (χ1) is 33.0. The molecular formula is C63H95ClNO4+. The number of hydrogen-bond donors (Lipinski definition) is 2. The van der Waals surface area contributed by atoms with E-state index in [0.717, 1.165) is 41.2 Å². The quantitative estimate of drug-likeness (QED) is 0.0679. The maximum atomic E-state index is 9.71. The summed E-state index contributed by atoms with van der Waals surface area (Å²) in [5.41, 5.74) is 8.02. The molecule has 5 aromatic rings. The molecule has 69 heavy (non-hydrogen) atoms. The van der Waals surface area contributed by atoms with Crippen LogP contribution in [0.15, 0.2) is 146 Å². The van der Waals surface area contributed by atoms with Crippen LogP contribution in [-0.4, -0.2) is 61.1 Å². The normalized spacial score (nSPS) is 18.1. The Labute approximate surface area is 427 Å². The second-order valence-corrected chi connectivity index (χ2v) is 20.7. The molecule has 0 amide bonds. The molecule has 1 aliphatic rings. The zero-order valence-corrected chi connectivity index (χ0v) is 46.0. The molecule has 0 bridgehead atoms. The number of aliphatic hydroxyl groups is 2. The molecule has 8 unspecified atom stereocenters. The lowest BCUT2D eigenvalue weighted by atomic mass is 9.76. The van der Waals surface area contributed by atoms with Gasteiger partial charge in [0.05, 0.1) is 45.1 Å². The fourth-order valence-corrected chi connectivity index (χ4v) is 8.44. The van der Waals surface area contributed by atoms with E-state index in [9.17, 15) is 10.2 Å². The summed E-state index contributed by atoms with van der Waals surface area (Å²) >= 11 is 5.00. The SMILES string of the molecule is CC(CC(CC(CC(C)c1ccccc1)c1ccccc1)c1ccccc1)c1ccccc1.CCC.CCC(C)C.CCCl.CC[N+](C)(C)c1ccc(C2OC(CC(C)O)CC(CC(C)O)O2)cc1. The summed E-state index contributed by atoms with van der Waals surface area (Å²) in [6.45, 7) is 24.3. The van der Waals surface area contributed by atoms with Crippen molar-refractivity contribution in [3.8, 4) is 0 Å². The Morgan fingerprint density at radius 2 is 0.841 bits per heavy atom. The van der Waals surface area contributed by atoms with E-state index in [4.69, 9.17) is 21.1 Å². The Kier molecular flexibility index (Phi) is 30.7. The lowest BCUT2D eigenvalue weighted by molar-refractivity contribution is -0.255. The van der Waals surface area contributed by atoms with Gasteiger partial charge in [-0.2, -0.15) is 0 Å². The molecule has 1 saturated heterocycles. The van der Waals surface area contributed by atoms with Gasteiger partial charge in [0.1, 0.15) is 5.69 Å². The number of nitrogens with zero attached hydrogens (tertiary/aromatic N) is 1. The van der Waals surface area contributed by atoms with Crippen LogP contribution < -0.4 is 4.48 Å². The van der Waals surface area contributed by atoms with Gasteiger partial charge in [-0.3, -0.25) is 4.48 Å². The highest BCUT2D eigenvalue weighted by Crippen LogP contribution is 2.41. The van der Waals surface area contributed by atoms with Crippen molar-refractivity contribution in [3.63, 3.8) is 0 Å². The van der Waals surface area contributed by atoms with E-state index in [-0.39, 0.29) is 12.2 Å². The van der Waals surface area contributed by atoms with Gasteiger partial charge in [0.25, 0.3) is 0 Å². The van der Waals surface area contributed by atoms with Crippen LogP contribution in [0.25, 0.3) is 0 Å². The Morgan fingerprint density at radius 3 is 1.13 bits per heavy atom. The predicted molar refractivity (Wildman–Crippen MR) is 300 cm³/mol. The fraction of sp³-hybridized carbons (Fsp3) is 0.524. The highest BCUT2D eigenvalue weighted by atomic mass is 35.5. The Morgan fingerprint density at radius 1 is 0.522 bits per heavy atom. The zero-order chi connectivity index (χ0) is 51.2. The fourth-order valence-electron chi connectivity index (χ4n) is 8.44. The Hall–Kier alpha value is -3.81. The maximum Gasteiger partial charge on any atom is 0.184 e. The van der Waals surface area contributed by atoms with Crippen LogP contribution in [0.1, 0.15) is 185 Å². The van der Waals surface area contributed by atoms with Crippen LogP contribution in [-0.2, 0) is 9.47 Å². The third kappa shape index (κ3) is 24.2. The molecule has 0 aliphatic carbocycles. The van der Waals surface area contributed by atoms with Gasteiger partial charge in [0.15, 0.2) is 6.29 Å². The zero-order valence-electron chi connectivity index (χ0n) is 45.2. The summed E-state index contributed by atoms with van der Waals surface area (Å²) in [6, 6.07) is 52.7. The first-order valence-corrected chi connectivity index (χ1v) is 26.9. The van der Waals surface area contributed by atoms with E-state index in [1.807, 2.05) is 6.92 Å². The topological polar surface area (TPSA) is 58.9 Å². The number of halogens is 1. The van der Waals surface area contributed by atoms with Crippen LogP contribution in [0.4, 0.5) is 5.69 Å². The molecule has 0 radical (unpaired) electrons. The molecule has 1 fully saturated rings. The molecule has 0 saturated carbocycles. The number of benzene rings is 5. The third-order valence-corrected chi connectivity index (χ3v) is 13.0. The largest absolute Gasteiger partial charge is 0.393 e. The Balaban J connectivity index is 0.000000400. The highest BCUT2D eigenvalue weighted by Gasteiger charge is 2.33. The van der Waals surface area contributed by atoms with Crippen molar-refractivity contribution in [1.82, 2.24) is 4.48 Å². The number of quaternary nitrogens is 1. The van der Waals surface area contributed by atoms with E-state index in [1.165, 1.54) is 47.2 Å². The molecule has 1 heterocycles. The minimum atomic E-state index is -0.451. The molecule has 0 aromatic heterocycles. The molecule has 6 rings (SSSR count). The van der Waals surface area contributed by atoms with Gasteiger partial charge < -0.3 is 19.7 Å². The summed E-state index contributed by atoms with van der Waals surface area (Å²) in [5, 5.41) is 19.4. The average Bonchev–Trinajstić information content (AvgIpc) is 3.35. The van der Waals surface area contributed by atoms with E-state index in [1.54, 1.807) is 13.8 Å². The van der Waals surface area contributed by atoms with Crippen molar-refractivity contribution in [2.24, 2.45) is 5.92 Å². The maximum absolute atomic E-state index is 9.71. The van der Waals surface area contributed by atoms with E-state index >= 15 is 0 Å². The third-order valence-electron chi connectivity index (χ3n) is 13.0. The second-order valence-electron chi connectivity index (χ2n) is 20.2. The minimum Gasteiger partial charge on any atom is -0.393 e. The van der Waals surface area contributed by atoms with Gasteiger partial charge in [-0.15, -0.1) is 11.6 Å². The van der Waals surface area contributed by atoms with Gasteiger partial charge in [0, 0.05) is 17.9 Å². The van der Waals surface area contributed by atoms with Crippen LogP contribution in [0.5, 0.6) is 0 Å². The van der Waals surface area contributed by atoms with Gasteiger partial charge in [-0.25, -0.2) is 0 Å². The monoisotopic (exact) mass is 965 g/mol. The Bertz CT molecular complexity index is 1850. The van der Waals surface area contributed by atoms with Crippen molar-refractivity contribution in [3.05, 3.63) is 173 Å². The standard InChI is InChI=1S/C33H36.C20H34NO4.C5H12.C3H8.C2H5Cl/c1-26(28-15-7-3-8-16-28)23-32(30-19-11-5-12-20-30)25-33(31-21-13-6-14-22-31)24-27(2)29-17-9-4-10-18-29;1-6-21(4,5)17-9-7-16(8-10-17)20-24-18(11-14(2)22)13-19(25-20)12-15(3)23;1-4-5(2)3;1-3-2;1-2-3/h3-22,26-27,32-33H,23-25H2,1-2H3;7-10,14-15,18-20,22-23H,6,11-13H2,1-5H3;5H,4H2,1-3H3;3H2,1-2H3;2H2,1H3/q;+1;;;. The molecule has 382 valence electrons. The first-order valence-electron chi connectivity index (χ1n) is 26.4. The molecule has 6 heteroatoms. The number of ether oxygens (including phenoxy) is 2. The number of alkyl halides is 1. The van der Waals surface area contributed by atoms with Gasteiger partial charge in [-0.1, -0.05) is 190 Å². The predicted octanol–water partition coefficient (Wildman–Crippen LogP) is 17.0. The molecule has 5 nitrogen and oxygen atoms in total. The van der Waals surface area contributed by atoms with Gasteiger partial charge in [-0.05, 0) is 129 Å². The second kappa shape index (κ2) is 34.5. The van der Waals surface area contributed by atoms with E-state index in [0.29, 0.717) is 42.9 Å². The summed E-state index contributed by atoms with van der Waals surface area (Å²) < 4.78 is 13.0. The smallest absolute Gasteiger partial charge is 0.184 e. The molecular weight excluding hydrogens is 870 g/mol. The molecule has 5 aromatic carbocycles. The minimum absolute atomic E-state index is 0.0648. The average molecular weight is 966 g/mol. The lowest BCUT2D eigenvalue weighted by Gasteiger charge is -2.37. The molecule has 0 spiro atoms. The van der Waals surface area contributed by atoms with Crippen molar-refractivity contribution >= 4 is 17.3 Å². The van der Waals surface area contributed by atoms with Crippen molar-refractivity contribution in [2.75, 3.05) is 26.5 Å². The summed E-state index contributed by atoms with van der Waals surface area (Å²) in [5.74, 6) is 3.71. The van der Waals surface area contributed by atoms with Gasteiger partial charge in [0.2, 0.25) is 0 Å². The molecule has 8 atom stereocenters. The summed E-state index contributed by atoms with van der Waals surface area (Å²) in [7, 11) is 4.36. The number of aliphatic hydroxyl groups excluding tert-OH is 2. The molecule has 2 N–H and O–H groups in total. The number of hydrogen-bond acceptors (Lipinski definition) is 4. The van der Waals surface area contributed by atoms with E-state index < -0.39 is 18.5 Å². The first kappa shape index (κ1) is 61.3. The van der Waals surface area contributed by atoms with Gasteiger partial charge >= 0.3 is 0 Å². The van der Waals surface area contributed by atoms with Crippen molar-refractivity contribution in [2.45, 2.75) is 182 Å². The summed E-state index contributed by atoms with van der Waals surface area (Å²) in [6.07, 6.45) is 6.49. The van der Waals surface area contributed by atoms with Crippen molar-refractivity contribution in [1.29, 1.82) is 0 Å². The van der Waals surface area contributed by atoms with Crippen LogP contribution in [0.3, 0.4) is 0 Å². The summed E-state index contributed by atoms with van der Waals surface area (Å²) in [4.78, 5) is 0. The lowest BCUT2D eigenvalue weighted by Crippen LogP contribution is -2.40. The van der Waals surface area contributed by atoms with Crippen LogP contribution >= 0.6 is 11.6 Å². The van der Waals surface area contributed by atoms with E-state index in [2.05, 4.69) is 215 Å². The highest BCUT2D eigenvalue weighted by molar-refractivity contribution is 6.17. The molecule has 1 aliphatic heterocycles. The van der Waals surface area contributed by atoms with Crippen molar-refractivity contribution < 1.29 is 19.7 Å².